The van der Waals surface area contributed by atoms with Gasteiger partial charge in [0.1, 0.15) is 12.4 Å². The van der Waals surface area contributed by atoms with Crippen LogP contribution in [0.15, 0.2) is 48.5 Å². The highest BCUT2D eigenvalue weighted by molar-refractivity contribution is 5.95. The van der Waals surface area contributed by atoms with Crippen molar-refractivity contribution in [3.05, 3.63) is 54.1 Å². The highest BCUT2D eigenvalue weighted by atomic mass is 16.5. The van der Waals surface area contributed by atoms with E-state index in [4.69, 9.17) is 10.5 Å². The van der Waals surface area contributed by atoms with Crippen molar-refractivity contribution in [1.82, 2.24) is 0 Å². The van der Waals surface area contributed by atoms with E-state index in [1.54, 1.807) is 18.0 Å². The maximum absolute atomic E-state index is 12.6. The summed E-state index contributed by atoms with van der Waals surface area (Å²) in [5.74, 6) is 0.773. The Morgan fingerprint density at radius 1 is 1.24 bits per heavy atom. The zero-order valence-corrected chi connectivity index (χ0v) is 12.0. The predicted octanol–water partition coefficient (Wildman–Crippen LogP) is 2.48. The van der Waals surface area contributed by atoms with Gasteiger partial charge >= 0.3 is 0 Å². The zero-order valence-electron chi connectivity index (χ0n) is 12.0. The average molecular weight is 282 g/mol. The topological polar surface area (TPSA) is 55.6 Å². The fourth-order valence-corrected chi connectivity index (χ4v) is 2.62. The van der Waals surface area contributed by atoms with Gasteiger partial charge in [-0.2, -0.15) is 0 Å². The molecule has 0 aromatic heterocycles. The summed E-state index contributed by atoms with van der Waals surface area (Å²) in [5.41, 5.74) is 8.32. The SMILES string of the molecule is CN(C(=O)C1COc2ccccc2C1)c1cccc(N)c1. The van der Waals surface area contributed by atoms with Crippen molar-refractivity contribution in [3.8, 4) is 5.75 Å². The summed E-state index contributed by atoms with van der Waals surface area (Å²) in [7, 11) is 1.78. The third-order valence-electron chi connectivity index (χ3n) is 3.82. The molecule has 21 heavy (non-hydrogen) atoms. The number of fused-ring (bicyclic) bond motifs is 1. The van der Waals surface area contributed by atoms with E-state index in [-0.39, 0.29) is 11.8 Å². The van der Waals surface area contributed by atoms with E-state index >= 15 is 0 Å². The van der Waals surface area contributed by atoms with Gasteiger partial charge in [-0.05, 0) is 36.2 Å². The number of rotatable bonds is 2. The van der Waals surface area contributed by atoms with Crippen molar-refractivity contribution in [2.75, 3.05) is 24.3 Å². The zero-order chi connectivity index (χ0) is 14.8. The lowest BCUT2D eigenvalue weighted by Gasteiger charge is -2.28. The number of anilines is 2. The number of nitrogens with two attached hydrogens (primary N) is 1. The molecule has 3 rings (SSSR count). The van der Waals surface area contributed by atoms with Crippen LogP contribution in [0.3, 0.4) is 0 Å². The number of nitrogens with zero attached hydrogens (tertiary/aromatic N) is 1. The first-order chi connectivity index (χ1) is 10.1. The molecule has 2 aromatic carbocycles. The highest BCUT2D eigenvalue weighted by Crippen LogP contribution is 2.28. The number of para-hydroxylation sites is 1. The van der Waals surface area contributed by atoms with Crippen LogP contribution in [-0.2, 0) is 11.2 Å². The van der Waals surface area contributed by atoms with Crippen LogP contribution in [0.2, 0.25) is 0 Å². The van der Waals surface area contributed by atoms with E-state index in [1.807, 2.05) is 42.5 Å². The molecule has 1 aliphatic rings. The molecular formula is C17H18N2O2. The molecule has 1 unspecified atom stereocenters. The molecule has 108 valence electrons. The van der Waals surface area contributed by atoms with Crippen molar-refractivity contribution in [3.63, 3.8) is 0 Å². The summed E-state index contributed by atoms with van der Waals surface area (Å²) in [5, 5.41) is 0. The molecule has 0 radical (unpaired) electrons. The third-order valence-corrected chi connectivity index (χ3v) is 3.82. The van der Waals surface area contributed by atoms with Gasteiger partial charge in [0.2, 0.25) is 5.91 Å². The van der Waals surface area contributed by atoms with Gasteiger partial charge in [0.05, 0.1) is 5.92 Å². The quantitative estimate of drug-likeness (QED) is 0.861. The molecule has 1 amide bonds. The lowest BCUT2D eigenvalue weighted by molar-refractivity contribution is -0.123. The molecule has 2 aromatic rings. The van der Waals surface area contributed by atoms with Crippen molar-refractivity contribution >= 4 is 17.3 Å². The van der Waals surface area contributed by atoms with Crippen LogP contribution >= 0.6 is 0 Å². The fourth-order valence-electron chi connectivity index (χ4n) is 2.62. The van der Waals surface area contributed by atoms with E-state index in [1.165, 1.54) is 0 Å². The van der Waals surface area contributed by atoms with Gasteiger partial charge in [0, 0.05) is 18.4 Å². The standard InChI is InChI=1S/C17H18N2O2/c1-19(15-7-4-6-14(18)10-15)17(20)13-9-12-5-2-3-8-16(12)21-11-13/h2-8,10,13H,9,11,18H2,1H3. The number of nitrogen functional groups attached to an aromatic ring is 1. The number of benzene rings is 2. The molecule has 2 N–H and O–H groups in total. The molecule has 4 nitrogen and oxygen atoms in total. The van der Waals surface area contributed by atoms with Gasteiger partial charge in [-0.25, -0.2) is 0 Å². The van der Waals surface area contributed by atoms with Gasteiger partial charge in [0.15, 0.2) is 0 Å². The van der Waals surface area contributed by atoms with E-state index < -0.39 is 0 Å². The highest BCUT2D eigenvalue weighted by Gasteiger charge is 2.28. The van der Waals surface area contributed by atoms with Gasteiger partial charge in [0.25, 0.3) is 0 Å². The first-order valence-electron chi connectivity index (χ1n) is 6.99. The Kier molecular flexibility index (Phi) is 3.52. The van der Waals surface area contributed by atoms with Crippen LogP contribution < -0.4 is 15.4 Å². The van der Waals surface area contributed by atoms with Crippen LogP contribution in [-0.4, -0.2) is 19.6 Å². The Labute approximate surface area is 124 Å². The van der Waals surface area contributed by atoms with Crippen molar-refractivity contribution in [2.24, 2.45) is 5.92 Å². The molecule has 0 spiro atoms. The van der Waals surface area contributed by atoms with Crippen molar-refractivity contribution < 1.29 is 9.53 Å². The molecule has 0 bridgehead atoms. The summed E-state index contributed by atoms with van der Waals surface area (Å²) in [6, 6.07) is 15.2. The van der Waals surface area contributed by atoms with Gasteiger partial charge in [-0.1, -0.05) is 24.3 Å². The lowest BCUT2D eigenvalue weighted by atomic mass is 9.95. The molecule has 4 heteroatoms. The Bertz CT molecular complexity index is 669. The number of carbonyl (C=O) groups is 1. The molecule has 0 aliphatic carbocycles. The Hall–Kier alpha value is -2.49. The number of hydrogen-bond donors (Lipinski definition) is 1. The van der Waals surface area contributed by atoms with Crippen LogP contribution in [0.4, 0.5) is 11.4 Å². The minimum absolute atomic E-state index is 0.0510. The average Bonchev–Trinajstić information content (AvgIpc) is 2.53. The lowest BCUT2D eigenvalue weighted by Crippen LogP contribution is -2.38. The normalized spacial score (nSPS) is 16.7. The second kappa shape index (κ2) is 5.48. The second-order valence-electron chi connectivity index (χ2n) is 5.31. The molecule has 0 fully saturated rings. The van der Waals surface area contributed by atoms with Crippen molar-refractivity contribution in [2.45, 2.75) is 6.42 Å². The molecule has 1 heterocycles. The monoisotopic (exact) mass is 282 g/mol. The summed E-state index contributed by atoms with van der Waals surface area (Å²) in [4.78, 5) is 14.3. The number of ether oxygens (including phenoxy) is 1. The van der Waals surface area contributed by atoms with Gasteiger partial charge in [-0.15, -0.1) is 0 Å². The molecule has 0 saturated heterocycles. The maximum Gasteiger partial charge on any atom is 0.233 e. The van der Waals surface area contributed by atoms with E-state index in [2.05, 4.69) is 0 Å². The first-order valence-corrected chi connectivity index (χ1v) is 6.99. The predicted molar refractivity (Wildman–Crippen MR) is 83.4 cm³/mol. The Morgan fingerprint density at radius 3 is 2.86 bits per heavy atom. The third kappa shape index (κ3) is 2.70. The Morgan fingerprint density at radius 2 is 2.05 bits per heavy atom. The second-order valence-corrected chi connectivity index (χ2v) is 5.31. The summed E-state index contributed by atoms with van der Waals surface area (Å²) < 4.78 is 5.69. The number of hydrogen-bond acceptors (Lipinski definition) is 3. The summed E-state index contributed by atoms with van der Waals surface area (Å²) >= 11 is 0. The minimum Gasteiger partial charge on any atom is -0.492 e. The largest absolute Gasteiger partial charge is 0.492 e. The molecule has 1 atom stereocenters. The molecule has 1 aliphatic heterocycles. The van der Waals surface area contributed by atoms with Crippen molar-refractivity contribution in [1.29, 1.82) is 0 Å². The van der Waals surface area contributed by atoms with Crippen LogP contribution in [0, 0.1) is 5.92 Å². The minimum atomic E-state index is -0.161. The summed E-state index contributed by atoms with van der Waals surface area (Å²) in [6.07, 6.45) is 0.710. The smallest absolute Gasteiger partial charge is 0.233 e. The Balaban J connectivity index is 1.77. The van der Waals surface area contributed by atoms with Crippen LogP contribution in [0.1, 0.15) is 5.56 Å². The van der Waals surface area contributed by atoms with E-state index in [0.717, 1.165) is 17.0 Å². The summed E-state index contributed by atoms with van der Waals surface area (Å²) in [6.45, 7) is 0.419. The number of carbonyl (C=O) groups excluding carboxylic acids is 1. The first kappa shape index (κ1) is 13.5. The molecular weight excluding hydrogens is 264 g/mol. The van der Waals surface area contributed by atoms with Crippen LogP contribution in [0.5, 0.6) is 5.75 Å². The van der Waals surface area contributed by atoms with E-state index in [9.17, 15) is 4.79 Å². The molecule has 0 saturated carbocycles. The van der Waals surface area contributed by atoms with Gasteiger partial charge < -0.3 is 15.4 Å². The van der Waals surface area contributed by atoms with E-state index in [0.29, 0.717) is 18.7 Å². The number of amides is 1. The maximum atomic E-state index is 12.6. The van der Waals surface area contributed by atoms with Gasteiger partial charge in [-0.3, -0.25) is 4.79 Å². The fraction of sp³-hybridized carbons (Fsp3) is 0.235. The van der Waals surface area contributed by atoms with Crippen LogP contribution in [0.25, 0.3) is 0 Å².